The third kappa shape index (κ3) is 17.4. The Morgan fingerprint density at radius 3 is 1.60 bits per heavy atom. The molecular formula is C22H52N5O3+. The van der Waals surface area contributed by atoms with E-state index in [4.69, 9.17) is 15.3 Å². The summed E-state index contributed by atoms with van der Waals surface area (Å²) in [4.78, 5) is 9.38. The Kier molecular flexibility index (Phi) is 18.1. The number of hydrogen-bond acceptors (Lipinski definition) is 7. The van der Waals surface area contributed by atoms with Gasteiger partial charge >= 0.3 is 0 Å². The van der Waals surface area contributed by atoms with Crippen LogP contribution in [0.3, 0.4) is 0 Å². The first kappa shape index (κ1) is 29.7. The molecule has 0 spiro atoms. The summed E-state index contributed by atoms with van der Waals surface area (Å²) >= 11 is 0. The molecule has 0 radical (unpaired) electrons. The van der Waals surface area contributed by atoms with Gasteiger partial charge < -0.3 is 34.5 Å². The molecule has 0 aliphatic carbocycles. The summed E-state index contributed by atoms with van der Waals surface area (Å²) in [5.41, 5.74) is 0. The summed E-state index contributed by atoms with van der Waals surface area (Å²) in [7, 11) is 10.9. The quantitative estimate of drug-likeness (QED) is 0.169. The Bertz CT molecular complexity index is 388. The van der Waals surface area contributed by atoms with Gasteiger partial charge in [0.2, 0.25) is 0 Å². The van der Waals surface area contributed by atoms with Crippen molar-refractivity contribution in [3.05, 3.63) is 0 Å². The minimum Gasteiger partial charge on any atom is -0.396 e. The van der Waals surface area contributed by atoms with Gasteiger partial charge in [0.05, 0.1) is 27.2 Å². The minimum absolute atomic E-state index is 0.221. The number of aliphatic hydroxyl groups is 3. The van der Waals surface area contributed by atoms with E-state index in [1.54, 1.807) is 0 Å². The highest BCUT2D eigenvalue weighted by Crippen LogP contribution is 2.06. The van der Waals surface area contributed by atoms with Crippen molar-refractivity contribution in [2.75, 3.05) is 121 Å². The summed E-state index contributed by atoms with van der Waals surface area (Å²) in [6.07, 6.45) is 3.92. The monoisotopic (exact) mass is 434 g/mol. The van der Waals surface area contributed by atoms with Gasteiger partial charge in [0, 0.05) is 65.4 Å². The van der Waals surface area contributed by atoms with Crippen LogP contribution in [-0.4, -0.2) is 160 Å². The van der Waals surface area contributed by atoms with Gasteiger partial charge in [-0.3, -0.25) is 4.90 Å². The van der Waals surface area contributed by atoms with Crippen molar-refractivity contribution >= 4 is 0 Å². The molecule has 0 unspecified atom stereocenters. The lowest BCUT2D eigenvalue weighted by molar-refractivity contribution is -0.900. The maximum Gasteiger partial charge on any atom is 0.134 e. The molecule has 0 bridgehead atoms. The van der Waals surface area contributed by atoms with E-state index in [1.165, 1.54) is 0 Å². The summed E-state index contributed by atoms with van der Waals surface area (Å²) in [5, 5.41) is 27.1. The molecule has 0 saturated heterocycles. The van der Waals surface area contributed by atoms with Crippen LogP contribution in [0.5, 0.6) is 0 Å². The molecule has 0 saturated carbocycles. The summed E-state index contributed by atoms with van der Waals surface area (Å²) in [5.74, 6) is 0. The van der Waals surface area contributed by atoms with Crippen LogP contribution in [0.4, 0.5) is 0 Å². The largest absolute Gasteiger partial charge is 0.396 e. The number of rotatable bonds is 21. The first-order chi connectivity index (χ1) is 14.2. The van der Waals surface area contributed by atoms with Crippen molar-refractivity contribution in [2.24, 2.45) is 0 Å². The van der Waals surface area contributed by atoms with Gasteiger partial charge in [-0.2, -0.15) is 0 Å². The fourth-order valence-electron chi connectivity index (χ4n) is 3.70. The lowest BCUT2D eigenvalue weighted by Crippen LogP contribution is -2.51. The zero-order valence-corrected chi connectivity index (χ0v) is 20.6. The van der Waals surface area contributed by atoms with Crippen molar-refractivity contribution in [3.8, 4) is 0 Å². The van der Waals surface area contributed by atoms with Crippen LogP contribution in [0.15, 0.2) is 0 Å². The molecule has 0 aromatic heterocycles. The molecule has 0 fully saturated rings. The smallest absolute Gasteiger partial charge is 0.134 e. The Morgan fingerprint density at radius 1 is 0.533 bits per heavy atom. The fraction of sp³-hybridized carbons (Fsp3) is 1.00. The zero-order chi connectivity index (χ0) is 22.8. The second-order valence-corrected chi connectivity index (χ2v) is 9.41. The SMILES string of the molecule is CN(CCO)CCC[N+](C)(C)CN(CCCN(C)CCCO)CCN(C)CCCO. The molecule has 0 aliphatic heterocycles. The normalized spacial score (nSPS) is 12.8. The van der Waals surface area contributed by atoms with Crippen molar-refractivity contribution < 1.29 is 19.8 Å². The van der Waals surface area contributed by atoms with Crippen molar-refractivity contribution in [3.63, 3.8) is 0 Å². The highest BCUT2D eigenvalue weighted by Gasteiger charge is 2.20. The van der Waals surface area contributed by atoms with Crippen LogP contribution in [0.2, 0.25) is 0 Å². The molecule has 30 heavy (non-hydrogen) atoms. The van der Waals surface area contributed by atoms with E-state index in [0.29, 0.717) is 0 Å². The van der Waals surface area contributed by atoms with E-state index >= 15 is 0 Å². The predicted molar refractivity (Wildman–Crippen MR) is 126 cm³/mol. The lowest BCUT2D eigenvalue weighted by Gasteiger charge is -2.36. The number of hydrogen-bond donors (Lipinski definition) is 3. The molecular weight excluding hydrogens is 382 g/mol. The third-order valence-corrected chi connectivity index (χ3v) is 5.58. The Morgan fingerprint density at radius 2 is 1.03 bits per heavy atom. The summed E-state index contributed by atoms with van der Waals surface area (Å²) < 4.78 is 0.966. The highest BCUT2D eigenvalue weighted by molar-refractivity contribution is 4.62. The van der Waals surface area contributed by atoms with E-state index in [2.05, 4.69) is 54.8 Å². The molecule has 8 heteroatoms. The number of nitrogens with zero attached hydrogens (tertiary/aromatic N) is 5. The van der Waals surface area contributed by atoms with Gasteiger partial charge in [0.15, 0.2) is 0 Å². The summed E-state index contributed by atoms with van der Waals surface area (Å²) in [6.45, 7) is 10.7. The minimum atomic E-state index is 0.221. The average Bonchev–Trinajstić information content (AvgIpc) is 2.68. The van der Waals surface area contributed by atoms with Crippen LogP contribution >= 0.6 is 0 Å². The molecule has 8 nitrogen and oxygen atoms in total. The second kappa shape index (κ2) is 18.3. The third-order valence-electron chi connectivity index (χ3n) is 5.58. The standard InChI is InChI=1S/C22H52N5O3/c1-23(12-8-19-28)10-6-14-26(16-15-24(2)13-9-20-29)22-27(4,5)18-7-11-25(3)17-21-30/h28-30H,6-22H2,1-5H3/q+1. The zero-order valence-electron chi connectivity index (χ0n) is 20.6. The molecule has 0 rings (SSSR count). The van der Waals surface area contributed by atoms with Crippen molar-refractivity contribution in [2.45, 2.75) is 25.7 Å². The molecule has 0 aromatic rings. The van der Waals surface area contributed by atoms with Crippen LogP contribution in [0, 0.1) is 0 Å². The molecule has 3 N–H and O–H groups in total. The van der Waals surface area contributed by atoms with Gasteiger partial charge in [-0.05, 0) is 47.0 Å². The lowest BCUT2D eigenvalue weighted by atomic mass is 10.3. The molecule has 0 atom stereocenters. The van der Waals surface area contributed by atoms with Crippen molar-refractivity contribution in [1.82, 2.24) is 19.6 Å². The summed E-state index contributed by atoms with van der Waals surface area (Å²) in [6, 6.07) is 0. The second-order valence-electron chi connectivity index (χ2n) is 9.41. The Hall–Kier alpha value is -0.320. The predicted octanol–water partition coefficient (Wildman–Crippen LogP) is -0.345. The van der Waals surface area contributed by atoms with E-state index in [1.807, 2.05) is 0 Å². The average molecular weight is 435 g/mol. The number of aliphatic hydroxyl groups excluding tert-OH is 3. The molecule has 0 heterocycles. The van der Waals surface area contributed by atoms with Gasteiger partial charge in [-0.1, -0.05) is 0 Å². The molecule has 182 valence electrons. The molecule has 0 aromatic carbocycles. The Balaban J connectivity index is 4.55. The van der Waals surface area contributed by atoms with E-state index in [-0.39, 0.29) is 19.8 Å². The van der Waals surface area contributed by atoms with Gasteiger partial charge in [-0.15, -0.1) is 0 Å². The Labute approximate surface area is 186 Å². The van der Waals surface area contributed by atoms with E-state index in [0.717, 1.165) is 95.7 Å². The van der Waals surface area contributed by atoms with Crippen LogP contribution in [0.1, 0.15) is 25.7 Å². The van der Waals surface area contributed by atoms with Crippen LogP contribution < -0.4 is 0 Å². The first-order valence-electron chi connectivity index (χ1n) is 11.7. The topological polar surface area (TPSA) is 73.7 Å². The van der Waals surface area contributed by atoms with E-state index in [9.17, 15) is 0 Å². The maximum atomic E-state index is 9.06. The van der Waals surface area contributed by atoms with Gasteiger partial charge in [0.25, 0.3) is 0 Å². The van der Waals surface area contributed by atoms with Crippen molar-refractivity contribution in [1.29, 1.82) is 0 Å². The van der Waals surface area contributed by atoms with Gasteiger partial charge in [0.1, 0.15) is 6.67 Å². The van der Waals surface area contributed by atoms with Gasteiger partial charge in [-0.25, -0.2) is 0 Å². The van der Waals surface area contributed by atoms with Crippen LogP contribution in [-0.2, 0) is 0 Å². The molecule has 0 aliphatic rings. The van der Waals surface area contributed by atoms with Crippen LogP contribution in [0.25, 0.3) is 0 Å². The highest BCUT2D eigenvalue weighted by atomic mass is 16.3. The molecule has 0 amide bonds. The number of likely N-dealkylation sites (N-methyl/N-ethyl adjacent to an activating group) is 2. The fourth-order valence-corrected chi connectivity index (χ4v) is 3.70. The number of quaternary nitrogens is 1. The first-order valence-corrected chi connectivity index (χ1v) is 11.7. The maximum absolute atomic E-state index is 9.06. The van der Waals surface area contributed by atoms with E-state index < -0.39 is 0 Å².